The maximum absolute atomic E-state index is 13.9. The largest absolute Gasteiger partial charge is 0.503 e. The van der Waals surface area contributed by atoms with E-state index in [0.29, 0.717) is 12.5 Å². The number of nitrogens with zero attached hydrogens (tertiary/aromatic N) is 1. The summed E-state index contributed by atoms with van der Waals surface area (Å²) < 4.78 is 33.5. The van der Waals surface area contributed by atoms with Crippen LogP contribution in [0.2, 0.25) is 0 Å². The average molecular weight is 560 g/mol. The fraction of sp³-hybridized carbons (Fsp3) is 0.194. The number of carbonyl (C=O) groups is 2. The number of benzene rings is 3. The van der Waals surface area contributed by atoms with Crippen LogP contribution in [0.15, 0.2) is 89.9 Å². The molecule has 41 heavy (non-hydrogen) atoms. The third-order valence-corrected chi connectivity index (χ3v) is 7.02. The van der Waals surface area contributed by atoms with E-state index >= 15 is 0 Å². The minimum Gasteiger partial charge on any atom is -0.503 e. The van der Waals surface area contributed by atoms with E-state index in [9.17, 15) is 28.3 Å². The van der Waals surface area contributed by atoms with Crippen molar-refractivity contribution in [3.05, 3.63) is 135 Å². The van der Waals surface area contributed by atoms with E-state index < -0.39 is 64.3 Å². The Morgan fingerprint density at radius 3 is 2.29 bits per heavy atom. The summed E-state index contributed by atoms with van der Waals surface area (Å²) in [7, 11) is 0. The minimum atomic E-state index is -1.08. The van der Waals surface area contributed by atoms with E-state index in [1.165, 1.54) is 11.0 Å². The number of ether oxygens (including phenoxy) is 1. The molecule has 1 saturated heterocycles. The normalized spacial score (nSPS) is 18.3. The predicted octanol–water partition coefficient (Wildman–Crippen LogP) is 4.98. The molecular formula is C31H27F2N3O5. The number of hydrogen-bond donors (Lipinski definition) is 3. The van der Waals surface area contributed by atoms with Gasteiger partial charge in [-0.1, -0.05) is 73.7 Å². The van der Waals surface area contributed by atoms with Crippen LogP contribution >= 0.6 is 0 Å². The molecule has 2 amide bonds. The Kier molecular flexibility index (Phi) is 7.93. The third-order valence-electron chi connectivity index (χ3n) is 7.02. The first-order valence-electron chi connectivity index (χ1n) is 13.0. The van der Waals surface area contributed by atoms with Gasteiger partial charge in [0.05, 0.1) is 6.04 Å². The molecule has 10 heteroatoms. The maximum atomic E-state index is 13.9. The lowest BCUT2D eigenvalue weighted by Gasteiger charge is -2.29. The molecular weight excluding hydrogens is 532 g/mol. The van der Waals surface area contributed by atoms with Crippen LogP contribution < -0.4 is 10.7 Å². The van der Waals surface area contributed by atoms with Gasteiger partial charge in [0.1, 0.15) is 29.5 Å². The molecule has 0 unspecified atom stereocenters. The first-order valence-corrected chi connectivity index (χ1v) is 13.0. The van der Waals surface area contributed by atoms with E-state index in [4.69, 9.17) is 4.74 Å². The highest BCUT2D eigenvalue weighted by Crippen LogP contribution is 2.46. The molecule has 4 aromatic rings. The second kappa shape index (κ2) is 11.7. The van der Waals surface area contributed by atoms with E-state index in [1.807, 2.05) is 67.6 Å². The second-order valence-corrected chi connectivity index (χ2v) is 9.57. The molecule has 5 rings (SSSR count). The van der Waals surface area contributed by atoms with Gasteiger partial charge in [0.25, 0.3) is 11.8 Å². The summed E-state index contributed by atoms with van der Waals surface area (Å²) in [5.74, 6) is -4.15. The molecule has 3 aromatic carbocycles. The van der Waals surface area contributed by atoms with Crippen molar-refractivity contribution in [1.82, 2.24) is 15.2 Å². The molecule has 1 aliphatic rings. The number of amides is 2. The van der Waals surface area contributed by atoms with Crippen LogP contribution in [-0.4, -0.2) is 33.0 Å². The number of aromatic hydroxyl groups is 1. The molecule has 0 aliphatic carbocycles. The first kappa shape index (κ1) is 27.7. The molecule has 210 valence electrons. The number of halogens is 2. The fourth-order valence-corrected chi connectivity index (χ4v) is 4.99. The Bertz CT molecular complexity index is 1630. The van der Waals surface area contributed by atoms with Crippen molar-refractivity contribution < 1.29 is 28.2 Å². The highest BCUT2D eigenvalue weighted by molar-refractivity contribution is 5.98. The highest BCUT2D eigenvalue weighted by Gasteiger charge is 2.46. The number of H-pyrrole nitrogens is 1. The average Bonchev–Trinajstić information content (AvgIpc) is 3.38. The summed E-state index contributed by atoms with van der Waals surface area (Å²) in [4.78, 5) is 43.7. The molecule has 0 radical (unpaired) electrons. The first-order chi connectivity index (χ1) is 19.8. The molecule has 0 spiro atoms. The van der Waals surface area contributed by atoms with Crippen molar-refractivity contribution >= 4 is 11.8 Å². The summed E-state index contributed by atoms with van der Waals surface area (Å²) in [6.07, 6.45) is 0.271. The zero-order valence-corrected chi connectivity index (χ0v) is 22.0. The van der Waals surface area contributed by atoms with Crippen LogP contribution in [0, 0.1) is 11.6 Å². The molecule has 0 bridgehead atoms. The van der Waals surface area contributed by atoms with Crippen molar-refractivity contribution in [1.29, 1.82) is 0 Å². The number of aromatic amines is 1. The van der Waals surface area contributed by atoms with Crippen molar-refractivity contribution in [2.45, 2.75) is 38.3 Å². The summed E-state index contributed by atoms with van der Waals surface area (Å²) in [6.45, 7) is 1.54. The third kappa shape index (κ3) is 5.46. The molecule has 1 aliphatic heterocycles. The summed E-state index contributed by atoms with van der Waals surface area (Å²) in [5.41, 5.74) is -0.283. The molecule has 2 heterocycles. The number of nitrogens with one attached hydrogen (secondary N) is 2. The molecule has 1 aromatic heterocycles. The quantitative estimate of drug-likeness (QED) is 0.296. The van der Waals surface area contributed by atoms with Gasteiger partial charge < -0.3 is 25.0 Å². The maximum Gasteiger partial charge on any atom is 0.276 e. The zero-order valence-electron chi connectivity index (χ0n) is 22.0. The molecule has 1 fully saturated rings. The molecule has 0 saturated carbocycles. The Morgan fingerprint density at radius 1 is 1.00 bits per heavy atom. The van der Waals surface area contributed by atoms with Gasteiger partial charge >= 0.3 is 0 Å². The minimum absolute atomic E-state index is 0.00626. The second-order valence-electron chi connectivity index (χ2n) is 9.57. The lowest BCUT2D eigenvalue weighted by atomic mass is 9.95. The van der Waals surface area contributed by atoms with Gasteiger partial charge in [0.2, 0.25) is 5.43 Å². The lowest BCUT2D eigenvalue weighted by Crippen LogP contribution is -2.39. The number of carbonyl (C=O) groups excluding carboxylic acids is 2. The van der Waals surface area contributed by atoms with Crippen molar-refractivity contribution in [3.8, 4) is 5.75 Å². The number of aromatic nitrogens is 1. The number of rotatable bonds is 7. The lowest BCUT2D eigenvalue weighted by molar-refractivity contribution is 0.000257. The number of hydrogen-bond acceptors (Lipinski definition) is 5. The van der Waals surface area contributed by atoms with Gasteiger partial charge in [0, 0.05) is 24.4 Å². The summed E-state index contributed by atoms with van der Waals surface area (Å²) in [5, 5.41) is 13.2. The zero-order chi connectivity index (χ0) is 29.1. The van der Waals surface area contributed by atoms with Crippen molar-refractivity contribution in [2.24, 2.45) is 0 Å². The fourth-order valence-electron chi connectivity index (χ4n) is 4.99. The SMILES string of the molecule is CC[C@@H]1O[C@@H](c2ccccc2)[C@@H](c2ccccc2)N1C(=O)c1[nH]cc(C(=O)NCc2ccc(F)cc2F)c(=O)c1O. The van der Waals surface area contributed by atoms with Crippen molar-refractivity contribution in [3.63, 3.8) is 0 Å². The van der Waals surface area contributed by atoms with Crippen LogP contribution in [-0.2, 0) is 11.3 Å². The van der Waals surface area contributed by atoms with Gasteiger partial charge in [-0.25, -0.2) is 8.78 Å². The Balaban J connectivity index is 1.45. The van der Waals surface area contributed by atoms with E-state index in [-0.39, 0.29) is 12.1 Å². The number of pyridine rings is 1. The van der Waals surface area contributed by atoms with Gasteiger partial charge in [-0.05, 0) is 23.6 Å². The Hall–Kier alpha value is -4.83. The van der Waals surface area contributed by atoms with Crippen LogP contribution in [0.25, 0.3) is 0 Å². The van der Waals surface area contributed by atoms with E-state index in [1.54, 1.807) is 0 Å². The highest BCUT2D eigenvalue weighted by atomic mass is 19.1. The molecule has 3 N–H and O–H groups in total. The Labute approximate surface area is 234 Å². The standard InChI is InChI=1S/C31H27F2N3O5/c1-2-24-36(26(18-9-5-3-6-10-18)29(41-24)19-11-7-4-8-12-19)31(40)25-28(38)27(37)22(17-34-25)30(39)35-16-20-13-14-21(32)15-23(20)33/h3-15,17,24,26,29,38H,2,16H2,1H3,(H,34,37)(H,35,39)/t24-,26+,29-/m0/s1. The van der Waals surface area contributed by atoms with Gasteiger partial charge in [-0.3, -0.25) is 14.4 Å². The van der Waals surface area contributed by atoms with Gasteiger partial charge in [0.15, 0.2) is 11.4 Å². The molecule has 8 nitrogen and oxygen atoms in total. The molecule has 3 atom stereocenters. The Morgan fingerprint density at radius 2 is 1.66 bits per heavy atom. The van der Waals surface area contributed by atoms with Crippen LogP contribution in [0.3, 0.4) is 0 Å². The van der Waals surface area contributed by atoms with E-state index in [2.05, 4.69) is 10.3 Å². The van der Waals surface area contributed by atoms with Gasteiger partial charge in [-0.2, -0.15) is 0 Å². The van der Waals surface area contributed by atoms with Crippen LogP contribution in [0.5, 0.6) is 5.75 Å². The summed E-state index contributed by atoms with van der Waals surface area (Å²) >= 11 is 0. The van der Waals surface area contributed by atoms with Crippen LogP contribution in [0.1, 0.15) is 63.0 Å². The van der Waals surface area contributed by atoms with E-state index in [0.717, 1.165) is 23.4 Å². The van der Waals surface area contributed by atoms with Crippen molar-refractivity contribution in [2.75, 3.05) is 0 Å². The monoisotopic (exact) mass is 559 g/mol. The van der Waals surface area contributed by atoms with Crippen LogP contribution in [0.4, 0.5) is 8.78 Å². The summed E-state index contributed by atoms with van der Waals surface area (Å²) in [6, 6.07) is 21.1. The topological polar surface area (TPSA) is 112 Å². The van der Waals surface area contributed by atoms with Gasteiger partial charge in [-0.15, -0.1) is 0 Å². The predicted molar refractivity (Wildman–Crippen MR) is 146 cm³/mol. The smallest absolute Gasteiger partial charge is 0.276 e.